The van der Waals surface area contributed by atoms with Crippen LogP contribution in [0.1, 0.15) is 51.8 Å². The first-order valence-electron chi connectivity index (χ1n) is 12.5. The molecule has 1 aliphatic rings. The Morgan fingerprint density at radius 2 is 1.89 bits per heavy atom. The molecule has 38 heavy (non-hydrogen) atoms. The zero-order chi connectivity index (χ0) is 27.6. The first-order chi connectivity index (χ1) is 18.2. The number of ether oxygens (including phenoxy) is 1. The van der Waals surface area contributed by atoms with Crippen molar-refractivity contribution in [1.29, 1.82) is 0 Å². The maximum Gasteiger partial charge on any atom is 0.338 e. The van der Waals surface area contributed by atoms with Gasteiger partial charge in [-0.05, 0) is 52.3 Å². The van der Waals surface area contributed by atoms with E-state index in [0.717, 1.165) is 11.3 Å². The van der Waals surface area contributed by atoms with E-state index in [1.807, 2.05) is 44.2 Å². The lowest BCUT2D eigenvalue weighted by Crippen LogP contribution is -2.40. The van der Waals surface area contributed by atoms with Crippen molar-refractivity contribution in [2.24, 2.45) is 4.99 Å². The van der Waals surface area contributed by atoms with Crippen LogP contribution in [0.3, 0.4) is 0 Å². The number of hydrogen-bond acceptors (Lipinski definition) is 8. The van der Waals surface area contributed by atoms with Gasteiger partial charge in [-0.1, -0.05) is 41.7 Å². The lowest BCUT2D eigenvalue weighted by Gasteiger charge is -2.25. The summed E-state index contributed by atoms with van der Waals surface area (Å²) in [6.45, 7) is 10.7. The lowest BCUT2D eigenvalue weighted by atomic mass is 9.96. The number of allylic oxidation sites excluding steroid dienone is 1. The maximum atomic E-state index is 13.9. The number of rotatable bonds is 8. The molecule has 0 amide bonds. The zero-order valence-electron chi connectivity index (χ0n) is 22.0. The predicted octanol–water partition coefficient (Wildman–Crippen LogP) is 3.94. The van der Waals surface area contributed by atoms with Crippen molar-refractivity contribution < 1.29 is 14.5 Å². The van der Waals surface area contributed by atoms with E-state index in [9.17, 15) is 19.7 Å². The second-order valence-electron chi connectivity index (χ2n) is 9.12. The SMILES string of the molecule is CCN(CC)c1ccc([N+](=O)[O-])cc1C=c1sc2n(c1=O)C(c1ccccc1)C(C(=O)OC(C)C)=C(C)N=2. The van der Waals surface area contributed by atoms with Crippen molar-refractivity contribution >= 4 is 34.8 Å². The summed E-state index contributed by atoms with van der Waals surface area (Å²) < 4.78 is 7.41. The van der Waals surface area contributed by atoms with Gasteiger partial charge in [0.2, 0.25) is 0 Å². The second kappa shape index (κ2) is 11.1. The Balaban J connectivity index is 1.97. The number of aromatic nitrogens is 1. The summed E-state index contributed by atoms with van der Waals surface area (Å²) in [7, 11) is 0. The molecule has 1 aliphatic heterocycles. The number of nitro benzene ring substituents is 1. The third-order valence-corrected chi connectivity index (χ3v) is 7.30. The minimum atomic E-state index is -0.715. The van der Waals surface area contributed by atoms with Crippen molar-refractivity contribution in [2.45, 2.75) is 46.8 Å². The summed E-state index contributed by atoms with van der Waals surface area (Å²) >= 11 is 1.19. The number of thiazole rings is 1. The number of anilines is 1. The highest BCUT2D eigenvalue weighted by atomic mass is 32.1. The number of benzene rings is 2. The molecule has 2 aromatic carbocycles. The van der Waals surface area contributed by atoms with Crippen LogP contribution in [-0.2, 0) is 9.53 Å². The molecule has 1 atom stereocenters. The van der Waals surface area contributed by atoms with Gasteiger partial charge in [-0.3, -0.25) is 19.5 Å². The average Bonchev–Trinajstić information content (AvgIpc) is 3.18. The van der Waals surface area contributed by atoms with Crippen LogP contribution in [0.4, 0.5) is 11.4 Å². The second-order valence-corrected chi connectivity index (χ2v) is 10.1. The van der Waals surface area contributed by atoms with E-state index >= 15 is 0 Å². The fourth-order valence-corrected chi connectivity index (χ4v) is 5.61. The van der Waals surface area contributed by atoms with Gasteiger partial charge < -0.3 is 9.64 Å². The predicted molar refractivity (Wildman–Crippen MR) is 148 cm³/mol. The van der Waals surface area contributed by atoms with E-state index in [2.05, 4.69) is 9.89 Å². The van der Waals surface area contributed by atoms with Crippen LogP contribution < -0.4 is 19.8 Å². The zero-order valence-corrected chi connectivity index (χ0v) is 22.8. The molecule has 1 unspecified atom stereocenters. The van der Waals surface area contributed by atoms with Gasteiger partial charge in [0.1, 0.15) is 0 Å². The third kappa shape index (κ3) is 5.17. The van der Waals surface area contributed by atoms with Gasteiger partial charge in [-0.15, -0.1) is 0 Å². The van der Waals surface area contributed by atoms with Crippen molar-refractivity contribution in [3.63, 3.8) is 0 Å². The molecule has 0 radical (unpaired) electrons. The fourth-order valence-electron chi connectivity index (χ4n) is 4.58. The molecule has 4 rings (SSSR count). The van der Waals surface area contributed by atoms with Crippen LogP contribution in [0.2, 0.25) is 0 Å². The molecule has 0 aliphatic carbocycles. The Morgan fingerprint density at radius 1 is 1.21 bits per heavy atom. The van der Waals surface area contributed by atoms with Crippen molar-refractivity contribution in [3.05, 3.63) is 101 Å². The Labute approximate surface area is 224 Å². The lowest BCUT2D eigenvalue weighted by molar-refractivity contribution is -0.384. The molecule has 9 nitrogen and oxygen atoms in total. The highest BCUT2D eigenvalue weighted by Gasteiger charge is 2.33. The summed E-state index contributed by atoms with van der Waals surface area (Å²) in [6, 6.07) is 13.3. The summed E-state index contributed by atoms with van der Waals surface area (Å²) in [6.07, 6.45) is 1.34. The number of fused-ring (bicyclic) bond motifs is 1. The Morgan fingerprint density at radius 3 is 2.50 bits per heavy atom. The standard InChI is InChI=1S/C28H30N4O5S/c1-6-30(7-2)22-14-13-21(32(35)36)15-20(22)16-23-26(33)31-25(19-11-9-8-10-12-19)24(27(34)37-17(3)4)18(5)29-28(31)38-23/h8-17,25H,6-7H2,1-5H3. The summed E-state index contributed by atoms with van der Waals surface area (Å²) in [4.78, 5) is 45.3. The van der Waals surface area contributed by atoms with Crippen LogP contribution in [0, 0.1) is 10.1 Å². The van der Waals surface area contributed by atoms with Crippen LogP contribution in [-0.4, -0.2) is 34.7 Å². The smallest absolute Gasteiger partial charge is 0.338 e. The molecule has 0 N–H and O–H groups in total. The number of esters is 1. The van der Waals surface area contributed by atoms with E-state index in [1.165, 1.54) is 28.0 Å². The van der Waals surface area contributed by atoms with Gasteiger partial charge in [0.25, 0.3) is 11.2 Å². The highest BCUT2D eigenvalue weighted by Crippen LogP contribution is 2.31. The van der Waals surface area contributed by atoms with Crippen LogP contribution in [0.25, 0.3) is 6.08 Å². The molecular formula is C28H30N4O5S. The first kappa shape index (κ1) is 27.0. The molecule has 0 saturated carbocycles. The number of nitrogens with zero attached hydrogens (tertiary/aromatic N) is 4. The number of nitro groups is 1. The quantitative estimate of drug-likeness (QED) is 0.246. The van der Waals surface area contributed by atoms with Crippen molar-refractivity contribution in [3.8, 4) is 0 Å². The molecular weight excluding hydrogens is 504 g/mol. The van der Waals surface area contributed by atoms with Gasteiger partial charge in [-0.2, -0.15) is 0 Å². The molecule has 0 spiro atoms. The molecule has 198 valence electrons. The molecule has 0 fully saturated rings. The third-order valence-electron chi connectivity index (χ3n) is 6.31. The molecule has 0 bridgehead atoms. The first-order valence-corrected chi connectivity index (χ1v) is 13.3. The highest BCUT2D eigenvalue weighted by molar-refractivity contribution is 7.07. The normalized spacial score (nSPS) is 15.3. The van der Waals surface area contributed by atoms with E-state index in [1.54, 1.807) is 32.9 Å². The van der Waals surface area contributed by atoms with Gasteiger partial charge in [0, 0.05) is 36.5 Å². The molecule has 10 heteroatoms. The number of non-ortho nitro benzene ring substituents is 1. The van der Waals surface area contributed by atoms with Gasteiger partial charge >= 0.3 is 5.97 Å². The van der Waals surface area contributed by atoms with Crippen LogP contribution in [0.5, 0.6) is 0 Å². The van der Waals surface area contributed by atoms with Gasteiger partial charge in [0.05, 0.1) is 32.9 Å². The summed E-state index contributed by atoms with van der Waals surface area (Å²) in [5, 5.41) is 11.5. The van der Waals surface area contributed by atoms with Gasteiger partial charge in [0.15, 0.2) is 4.80 Å². The number of carbonyl (C=O) groups excluding carboxylic acids is 1. The number of carbonyl (C=O) groups is 1. The van der Waals surface area contributed by atoms with Crippen LogP contribution in [0.15, 0.2) is 69.6 Å². The van der Waals surface area contributed by atoms with E-state index in [-0.39, 0.29) is 17.4 Å². The van der Waals surface area contributed by atoms with E-state index in [0.29, 0.717) is 39.3 Å². The Kier molecular flexibility index (Phi) is 7.91. The van der Waals surface area contributed by atoms with E-state index in [4.69, 9.17) is 4.74 Å². The monoisotopic (exact) mass is 534 g/mol. The molecule has 2 heterocycles. The minimum absolute atomic E-state index is 0.0587. The topological polar surface area (TPSA) is 107 Å². The fraction of sp³-hybridized carbons (Fsp3) is 0.321. The van der Waals surface area contributed by atoms with Crippen molar-refractivity contribution in [2.75, 3.05) is 18.0 Å². The van der Waals surface area contributed by atoms with Gasteiger partial charge in [-0.25, -0.2) is 9.79 Å². The molecule has 1 aromatic heterocycles. The summed E-state index contributed by atoms with van der Waals surface area (Å²) in [5.41, 5.74) is 2.52. The van der Waals surface area contributed by atoms with E-state index < -0.39 is 16.9 Å². The van der Waals surface area contributed by atoms with Crippen LogP contribution >= 0.6 is 11.3 Å². The number of hydrogen-bond donors (Lipinski definition) is 0. The Hall–Kier alpha value is -4.05. The maximum absolute atomic E-state index is 13.9. The molecule has 0 saturated heterocycles. The minimum Gasteiger partial charge on any atom is -0.459 e. The Bertz CT molecular complexity index is 1580. The largest absolute Gasteiger partial charge is 0.459 e. The molecule has 3 aromatic rings. The summed E-state index contributed by atoms with van der Waals surface area (Å²) in [5.74, 6) is -0.521. The average molecular weight is 535 g/mol. The van der Waals surface area contributed by atoms with Crippen molar-refractivity contribution in [1.82, 2.24) is 4.57 Å².